The quantitative estimate of drug-likeness (QED) is 0.812. The molecule has 2 aromatic rings. The molecule has 15 heavy (non-hydrogen) atoms. The molecule has 1 heterocycles. The van der Waals surface area contributed by atoms with Crippen LogP contribution in [-0.4, -0.2) is 20.9 Å². The summed E-state index contributed by atoms with van der Waals surface area (Å²) >= 11 is 0. The smallest absolute Gasteiger partial charge is 0.335 e. The maximum absolute atomic E-state index is 10.8. The van der Waals surface area contributed by atoms with Crippen LogP contribution in [0.1, 0.15) is 23.0 Å². The molecule has 4 nitrogen and oxygen atoms in total. The van der Waals surface area contributed by atoms with Crippen molar-refractivity contribution in [1.29, 1.82) is 0 Å². The molecule has 0 amide bonds. The number of hydrogen-bond donors (Lipinski definition) is 1. The van der Waals surface area contributed by atoms with Gasteiger partial charge in [0.1, 0.15) is 0 Å². The Hall–Kier alpha value is -1.84. The van der Waals surface area contributed by atoms with Crippen molar-refractivity contribution in [3.63, 3.8) is 0 Å². The molecule has 1 N–H and O–H groups in total. The number of carboxylic acids is 1. The summed E-state index contributed by atoms with van der Waals surface area (Å²) < 4.78 is 1.80. The highest BCUT2D eigenvalue weighted by Gasteiger charge is 2.10. The van der Waals surface area contributed by atoms with Crippen LogP contribution in [0.5, 0.6) is 0 Å². The number of aromatic carboxylic acids is 1. The van der Waals surface area contributed by atoms with Crippen LogP contribution in [0.3, 0.4) is 0 Å². The maximum atomic E-state index is 10.8. The Kier molecular flexibility index (Phi) is 2.19. The van der Waals surface area contributed by atoms with Crippen LogP contribution in [0.4, 0.5) is 0 Å². The van der Waals surface area contributed by atoms with Crippen molar-refractivity contribution in [3.8, 4) is 0 Å². The van der Waals surface area contributed by atoms with Gasteiger partial charge in [-0.3, -0.25) is 4.68 Å². The summed E-state index contributed by atoms with van der Waals surface area (Å²) in [6, 6.07) is 5.01. The number of rotatable bonds is 2. The van der Waals surface area contributed by atoms with Crippen molar-refractivity contribution in [2.24, 2.45) is 7.05 Å². The highest BCUT2D eigenvalue weighted by Crippen LogP contribution is 2.19. The SMILES string of the molecule is CCc1c2cc(C(=O)O)ccc2nn1C. The first kappa shape index (κ1) is 9.71. The fourth-order valence-electron chi connectivity index (χ4n) is 1.80. The fraction of sp³-hybridized carbons (Fsp3) is 0.273. The number of carboxylic acid groups (broad SMARTS) is 1. The zero-order chi connectivity index (χ0) is 11.0. The third kappa shape index (κ3) is 1.48. The van der Waals surface area contributed by atoms with E-state index in [1.165, 1.54) is 0 Å². The highest BCUT2D eigenvalue weighted by atomic mass is 16.4. The third-order valence-electron chi connectivity index (χ3n) is 2.54. The lowest BCUT2D eigenvalue weighted by Gasteiger charge is -1.97. The molecule has 0 aliphatic carbocycles. The molecule has 0 fully saturated rings. The molecule has 78 valence electrons. The third-order valence-corrected chi connectivity index (χ3v) is 2.54. The Labute approximate surface area is 87.1 Å². The van der Waals surface area contributed by atoms with Crippen molar-refractivity contribution >= 4 is 16.9 Å². The largest absolute Gasteiger partial charge is 0.478 e. The molecular weight excluding hydrogens is 192 g/mol. The van der Waals surface area contributed by atoms with Gasteiger partial charge in [0, 0.05) is 18.1 Å². The van der Waals surface area contributed by atoms with E-state index in [9.17, 15) is 4.79 Å². The standard InChI is InChI=1S/C11H12N2O2/c1-3-10-8-6-7(11(14)15)4-5-9(8)12-13(10)2/h4-6H,3H2,1-2H3,(H,14,15). The minimum atomic E-state index is -0.900. The highest BCUT2D eigenvalue weighted by molar-refractivity contribution is 5.94. The summed E-state index contributed by atoms with van der Waals surface area (Å²) in [5.41, 5.74) is 2.22. The molecule has 0 aliphatic heterocycles. The van der Waals surface area contributed by atoms with Crippen LogP contribution >= 0.6 is 0 Å². The van der Waals surface area contributed by atoms with Gasteiger partial charge in [-0.15, -0.1) is 0 Å². The molecule has 0 unspecified atom stereocenters. The van der Waals surface area contributed by atoms with Crippen LogP contribution in [-0.2, 0) is 13.5 Å². The number of carbonyl (C=O) groups is 1. The number of aryl methyl sites for hydroxylation is 2. The molecule has 2 rings (SSSR count). The van der Waals surface area contributed by atoms with Crippen molar-refractivity contribution in [2.45, 2.75) is 13.3 Å². The lowest BCUT2D eigenvalue weighted by molar-refractivity contribution is 0.0697. The summed E-state index contributed by atoms with van der Waals surface area (Å²) in [7, 11) is 1.87. The summed E-state index contributed by atoms with van der Waals surface area (Å²) in [5.74, 6) is -0.900. The van der Waals surface area contributed by atoms with Gasteiger partial charge in [-0.2, -0.15) is 5.10 Å². The maximum Gasteiger partial charge on any atom is 0.335 e. The van der Waals surface area contributed by atoms with Crippen molar-refractivity contribution < 1.29 is 9.90 Å². The van der Waals surface area contributed by atoms with Gasteiger partial charge in [0.25, 0.3) is 0 Å². The van der Waals surface area contributed by atoms with E-state index in [1.807, 2.05) is 14.0 Å². The van der Waals surface area contributed by atoms with E-state index >= 15 is 0 Å². The summed E-state index contributed by atoms with van der Waals surface area (Å²) in [6.07, 6.45) is 0.843. The molecule has 4 heteroatoms. The van der Waals surface area contributed by atoms with E-state index in [4.69, 9.17) is 5.11 Å². The van der Waals surface area contributed by atoms with Gasteiger partial charge in [0.15, 0.2) is 0 Å². The van der Waals surface area contributed by atoms with E-state index in [2.05, 4.69) is 5.10 Å². The summed E-state index contributed by atoms with van der Waals surface area (Å²) in [5, 5.41) is 14.1. The second-order valence-corrected chi connectivity index (χ2v) is 3.46. The van der Waals surface area contributed by atoms with E-state index in [0.717, 1.165) is 23.0 Å². The van der Waals surface area contributed by atoms with Gasteiger partial charge in [-0.1, -0.05) is 6.92 Å². The molecule has 1 aromatic carbocycles. The fourth-order valence-corrected chi connectivity index (χ4v) is 1.80. The van der Waals surface area contributed by atoms with E-state index in [1.54, 1.807) is 22.9 Å². The van der Waals surface area contributed by atoms with Crippen LogP contribution in [0.2, 0.25) is 0 Å². The number of benzene rings is 1. The lowest BCUT2D eigenvalue weighted by Crippen LogP contribution is -1.96. The summed E-state index contributed by atoms with van der Waals surface area (Å²) in [4.78, 5) is 10.8. The van der Waals surface area contributed by atoms with E-state index < -0.39 is 5.97 Å². The summed E-state index contributed by atoms with van der Waals surface area (Å²) in [6.45, 7) is 2.03. The van der Waals surface area contributed by atoms with E-state index in [-0.39, 0.29) is 0 Å². The number of fused-ring (bicyclic) bond motifs is 1. The molecule has 0 radical (unpaired) electrons. The zero-order valence-electron chi connectivity index (χ0n) is 8.69. The predicted molar refractivity (Wildman–Crippen MR) is 57.1 cm³/mol. The second-order valence-electron chi connectivity index (χ2n) is 3.46. The Balaban J connectivity index is 2.73. The topological polar surface area (TPSA) is 55.1 Å². The van der Waals surface area contributed by atoms with Gasteiger partial charge in [0.2, 0.25) is 0 Å². The van der Waals surface area contributed by atoms with Gasteiger partial charge < -0.3 is 5.11 Å². The predicted octanol–water partition coefficient (Wildman–Crippen LogP) is 1.83. The minimum absolute atomic E-state index is 0.310. The van der Waals surface area contributed by atoms with E-state index in [0.29, 0.717) is 5.56 Å². The number of hydrogen-bond acceptors (Lipinski definition) is 2. The van der Waals surface area contributed by atoms with Crippen LogP contribution in [0, 0.1) is 0 Å². The monoisotopic (exact) mass is 204 g/mol. The molecule has 0 saturated heterocycles. The first-order valence-electron chi connectivity index (χ1n) is 4.82. The Bertz CT molecular complexity index is 529. The molecule has 0 saturated carbocycles. The lowest BCUT2D eigenvalue weighted by atomic mass is 10.1. The average Bonchev–Trinajstić information content (AvgIpc) is 2.51. The molecule has 1 aromatic heterocycles. The molecule has 0 spiro atoms. The first-order chi connectivity index (χ1) is 7.13. The van der Waals surface area contributed by atoms with Gasteiger partial charge >= 0.3 is 5.97 Å². The first-order valence-corrected chi connectivity index (χ1v) is 4.82. The van der Waals surface area contributed by atoms with Crippen molar-refractivity contribution in [3.05, 3.63) is 29.5 Å². The normalized spacial score (nSPS) is 10.8. The molecule has 0 atom stereocenters. The Morgan fingerprint density at radius 3 is 2.87 bits per heavy atom. The molecule has 0 bridgehead atoms. The second kappa shape index (κ2) is 3.38. The van der Waals surface area contributed by atoms with Crippen molar-refractivity contribution in [2.75, 3.05) is 0 Å². The Morgan fingerprint density at radius 1 is 1.53 bits per heavy atom. The molecule has 0 aliphatic rings. The van der Waals surface area contributed by atoms with Crippen LogP contribution in [0.15, 0.2) is 18.2 Å². The minimum Gasteiger partial charge on any atom is -0.478 e. The number of aromatic nitrogens is 2. The average molecular weight is 204 g/mol. The van der Waals surface area contributed by atoms with Crippen LogP contribution in [0.25, 0.3) is 10.9 Å². The van der Waals surface area contributed by atoms with Crippen molar-refractivity contribution in [1.82, 2.24) is 9.78 Å². The number of nitrogens with zero attached hydrogens (tertiary/aromatic N) is 2. The Morgan fingerprint density at radius 2 is 2.27 bits per heavy atom. The van der Waals surface area contributed by atoms with Crippen LogP contribution < -0.4 is 0 Å². The van der Waals surface area contributed by atoms with Gasteiger partial charge in [0.05, 0.1) is 11.1 Å². The molecular formula is C11H12N2O2. The van der Waals surface area contributed by atoms with Gasteiger partial charge in [-0.25, -0.2) is 4.79 Å². The zero-order valence-corrected chi connectivity index (χ0v) is 8.69. The van der Waals surface area contributed by atoms with Gasteiger partial charge in [-0.05, 0) is 24.6 Å².